The third kappa shape index (κ3) is 1.94. The normalized spacial score (nSPS) is 10.7. The zero-order valence-electron chi connectivity index (χ0n) is 8.63. The van der Waals surface area contributed by atoms with Crippen molar-refractivity contribution in [2.75, 3.05) is 7.05 Å². The van der Waals surface area contributed by atoms with E-state index in [1.54, 1.807) is 19.2 Å². The Balaban J connectivity index is 2.50. The topological polar surface area (TPSA) is 38.1 Å². The van der Waals surface area contributed by atoms with Crippen molar-refractivity contribution in [3.63, 3.8) is 0 Å². The zero-order chi connectivity index (χ0) is 11.5. The maximum Gasteiger partial charge on any atom is 0.181 e. The van der Waals surface area contributed by atoms with E-state index < -0.39 is 5.82 Å². The van der Waals surface area contributed by atoms with E-state index in [0.717, 1.165) is 0 Å². The summed E-state index contributed by atoms with van der Waals surface area (Å²) in [5, 5.41) is 3.01. The van der Waals surface area contributed by atoms with Gasteiger partial charge in [0.1, 0.15) is 5.69 Å². The van der Waals surface area contributed by atoms with Crippen LogP contribution >= 0.6 is 11.6 Å². The van der Waals surface area contributed by atoms with Gasteiger partial charge in [0.25, 0.3) is 0 Å². The molecule has 0 aliphatic carbocycles. The van der Waals surface area contributed by atoms with Gasteiger partial charge in [-0.05, 0) is 19.2 Å². The van der Waals surface area contributed by atoms with Gasteiger partial charge in [0, 0.05) is 6.54 Å². The monoisotopic (exact) mass is 240 g/mol. The minimum atomic E-state index is -0.488. The number of halogens is 2. The molecule has 84 valence electrons. The Morgan fingerprint density at radius 1 is 1.50 bits per heavy atom. The van der Waals surface area contributed by atoms with Crippen LogP contribution in [0.1, 0.15) is 5.69 Å². The van der Waals surface area contributed by atoms with E-state index in [0.29, 0.717) is 23.6 Å². The summed E-state index contributed by atoms with van der Waals surface area (Å²) in [4.78, 5) is 4.01. The Kier molecular flexibility index (Phi) is 3.22. The predicted molar refractivity (Wildman–Crippen MR) is 59.7 cm³/mol. The Hall–Kier alpha value is -1.39. The van der Waals surface area contributed by atoms with Crippen molar-refractivity contribution < 1.29 is 8.81 Å². The summed E-state index contributed by atoms with van der Waals surface area (Å²) >= 11 is 5.71. The molecule has 0 spiro atoms. The molecule has 2 aromatic rings. The standard InChI is InChI=1S/C11H10ClFN2O/c1-14-5-9-11(16-6-15-9)7-3-2-4-8(12)10(7)13/h2-4,6,14H,5H2,1H3. The summed E-state index contributed by atoms with van der Waals surface area (Å²) in [6.07, 6.45) is 1.29. The molecule has 5 heteroatoms. The van der Waals surface area contributed by atoms with Crippen molar-refractivity contribution >= 4 is 11.6 Å². The highest BCUT2D eigenvalue weighted by molar-refractivity contribution is 6.31. The number of rotatable bonds is 3. The molecule has 0 amide bonds. The molecule has 3 nitrogen and oxygen atoms in total. The molecule has 1 heterocycles. The van der Waals surface area contributed by atoms with Crippen LogP contribution in [0.4, 0.5) is 4.39 Å². The summed E-state index contributed by atoms with van der Waals surface area (Å²) in [6, 6.07) is 4.78. The van der Waals surface area contributed by atoms with Crippen LogP contribution in [0.25, 0.3) is 11.3 Å². The summed E-state index contributed by atoms with van der Waals surface area (Å²) in [6.45, 7) is 0.512. The number of nitrogens with one attached hydrogen (secondary N) is 1. The van der Waals surface area contributed by atoms with Crippen LogP contribution < -0.4 is 5.32 Å². The summed E-state index contributed by atoms with van der Waals surface area (Å²) < 4.78 is 18.9. The van der Waals surface area contributed by atoms with Gasteiger partial charge in [0.05, 0.1) is 10.6 Å². The Labute approximate surface area is 97.3 Å². The van der Waals surface area contributed by atoms with Gasteiger partial charge in [-0.15, -0.1) is 0 Å². The second kappa shape index (κ2) is 4.63. The molecule has 0 unspecified atom stereocenters. The minimum Gasteiger partial charge on any atom is -0.443 e. The highest BCUT2D eigenvalue weighted by Gasteiger charge is 2.15. The van der Waals surface area contributed by atoms with Crippen molar-refractivity contribution in [3.8, 4) is 11.3 Å². The van der Waals surface area contributed by atoms with Crippen molar-refractivity contribution in [2.24, 2.45) is 0 Å². The quantitative estimate of drug-likeness (QED) is 0.897. The van der Waals surface area contributed by atoms with Crippen LogP contribution in [0, 0.1) is 5.82 Å². The van der Waals surface area contributed by atoms with Gasteiger partial charge < -0.3 is 9.73 Å². The molecular formula is C11H10ClFN2O. The van der Waals surface area contributed by atoms with Gasteiger partial charge in [0.2, 0.25) is 0 Å². The molecule has 0 radical (unpaired) electrons. The molecule has 1 aromatic carbocycles. The van der Waals surface area contributed by atoms with Crippen molar-refractivity contribution in [2.45, 2.75) is 6.54 Å². The highest BCUT2D eigenvalue weighted by Crippen LogP contribution is 2.29. The van der Waals surface area contributed by atoms with Gasteiger partial charge in [-0.2, -0.15) is 0 Å². The lowest BCUT2D eigenvalue weighted by Gasteiger charge is -2.03. The number of aromatic nitrogens is 1. The summed E-state index contributed by atoms with van der Waals surface area (Å²) in [5.74, 6) is -0.0763. The average Bonchev–Trinajstić information content (AvgIpc) is 2.71. The molecule has 0 aliphatic rings. The molecule has 1 N–H and O–H groups in total. The molecule has 0 saturated carbocycles. The van der Waals surface area contributed by atoms with Crippen LogP contribution in [-0.4, -0.2) is 12.0 Å². The van der Waals surface area contributed by atoms with Crippen LogP contribution in [0.15, 0.2) is 29.0 Å². The first-order chi connectivity index (χ1) is 7.74. The second-order valence-electron chi connectivity index (χ2n) is 3.26. The fourth-order valence-electron chi connectivity index (χ4n) is 1.46. The van der Waals surface area contributed by atoms with Crippen LogP contribution in [0.2, 0.25) is 5.02 Å². The van der Waals surface area contributed by atoms with E-state index in [9.17, 15) is 4.39 Å². The van der Waals surface area contributed by atoms with E-state index in [2.05, 4.69) is 10.3 Å². The molecule has 0 saturated heterocycles. The molecule has 1 aromatic heterocycles. The van der Waals surface area contributed by atoms with E-state index >= 15 is 0 Å². The van der Waals surface area contributed by atoms with E-state index in [4.69, 9.17) is 16.0 Å². The lowest BCUT2D eigenvalue weighted by molar-refractivity contribution is 0.559. The number of benzene rings is 1. The minimum absolute atomic E-state index is 0.0734. The third-order valence-corrected chi connectivity index (χ3v) is 2.47. The Morgan fingerprint density at radius 3 is 3.06 bits per heavy atom. The first kappa shape index (κ1) is 11.1. The van der Waals surface area contributed by atoms with Gasteiger partial charge in [-0.3, -0.25) is 0 Å². The number of hydrogen-bond acceptors (Lipinski definition) is 3. The van der Waals surface area contributed by atoms with Crippen molar-refractivity contribution in [1.82, 2.24) is 10.3 Å². The van der Waals surface area contributed by atoms with Crippen LogP contribution in [0.3, 0.4) is 0 Å². The lowest BCUT2D eigenvalue weighted by atomic mass is 10.1. The maximum absolute atomic E-state index is 13.7. The van der Waals surface area contributed by atoms with Crippen LogP contribution in [-0.2, 0) is 6.54 Å². The summed E-state index contributed by atoms with van der Waals surface area (Å²) in [5.41, 5.74) is 0.985. The Bertz CT molecular complexity index is 498. The third-order valence-electron chi connectivity index (χ3n) is 2.18. The lowest BCUT2D eigenvalue weighted by Crippen LogP contribution is -2.06. The molecule has 0 fully saturated rings. The van der Waals surface area contributed by atoms with Gasteiger partial charge >= 0.3 is 0 Å². The van der Waals surface area contributed by atoms with Crippen LogP contribution in [0.5, 0.6) is 0 Å². The van der Waals surface area contributed by atoms with E-state index in [1.807, 2.05) is 0 Å². The van der Waals surface area contributed by atoms with Gasteiger partial charge in [-0.25, -0.2) is 9.37 Å². The smallest absolute Gasteiger partial charge is 0.181 e. The largest absolute Gasteiger partial charge is 0.443 e. The van der Waals surface area contributed by atoms with Crippen molar-refractivity contribution in [1.29, 1.82) is 0 Å². The maximum atomic E-state index is 13.7. The van der Waals surface area contributed by atoms with Gasteiger partial charge in [-0.1, -0.05) is 17.7 Å². The number of oxazole rings is 1. The van der Waals surface area contributed by atoms with E-state index in [-0.39, 0.29) is 5.02 Å². The molecular weight excluding hydrogens is 231 g/mol. The first-order valence-electron chi connectivity index (χ1n) is 4.75. The molecule has 16 heavy (non-hydrogen) atoms. The molecule has 0 bridgehead atoms. The second-order valence-corrected chi connectivity index (χ2v) is 3.67. The zero-order valence-corrected chi connectivity index (χ0v) is 9.38. The predicted octanol–water partition coefficient (Wildman–Crippen LogP) is 2.85. The fourth-order valence-corrected chi connectivity index (χ4v) is 1.64. The molecule has 0 atom stereocenters. The molecule has 2 rings (SSSR count). The average molecular weight is 241 g/mol. The first-order valence-corrected chi connectivity index (χ1v) is 5.13. The number of hydrogen-bond donors (Lipinski definition) is 1. The van der Waals surface area contributed by atoms with Gasteiger partial charge in [0.15, 0.2) is 18.0 Å². The molecule has 0 aliphatic heterocycles. The highest BCUT2D eigenvalue weighted by atomic mass is 35.5. The SMILES string of the molecule is CNCc1ncoc1-c1cccc(Cl)c1F. The summed E-state index contributed by atoms with van der Waals surface area (Å²) in [7, 11) is 1.78. The fraction of sp³-hybridized carbons (Fsp3) is 0.182. The van der Waals surface area contributed by atoms with E-state index in [1.165, 1.54) is 12.5 Å². The number of nitrogens with zero attached hydrogens (tertiary/aromatic N) is 1. The Morgan fingerprint density at radius 2 is 2.31 bits per heavy atom. The van der Waals surface area contributed by atoms with Crippen molar-refractivity contribution in [3.05, 3.63) is 41.1 Å².